The topological polar surface area (TPSA) is 144 Å². The van der Waals surface area contributed by atoms with E-state index in [9.17, 15) is 25.2 Å². The first-order valence-electron chi connectivity index (χ1n) is 12.5. The van der Waals surface area contributed by atoms with Crippen molar-refractivity contribution in [2.75, 3.05) is 14.2 Å². The van der Waals surface area contributed by atoms with Crippen molar-refractivity contribution in [2.45, 2.75) is 88.9 Å². The SMILES string of the molecule is COC(OC)C12OC3C4C(C)=Cc5c(C)c6c(c(O)c5C4(C)OC(O)(C3O1)C2(C)C)C(=O)C(O)CC6O. The zero-order valence-electron chi connectivity index (χ0n) is 22.0. The van der Waals surface area contributed by atoms with Gasteiger partial charge in [0.15, 0.2) is 5.78 Å². The minimum atomic E-state index is -1.88. The molecule has 0 spiro atoms. The van der Waals surface area contributed by atoms with Crippen molar-refractivity contribution < 1.29 is 48.9 Å². The number of ether oxygens (including phenoxy) is 5. The number of phenols is 1. The predicted octanol–water partition coefficient (Wildman–Crippen LogP) is 1.79. The summed E-state index contributed by atoms with van der Waals surface area (Å²) < 4.78 is 30.7. The number of phenolic OH excluding ortho intramolecular Hbond substituents is 1. The first-order chi connectivity index (χ1) is 17.2. The third kappa shape index (κ3) is 2.61. The molecule has 6 rings (SSSR count). The van der Waals surface area contributed by atoms with E-state index in [2.05, 4.69) is 0 Å². The van der Waals surface area contributed by atoms with E-state index in [-0.39, 0.29) is 17.7 Å². The highest BCUT2D eigenvalue weighted by Crippen LogP contribution is 2.70. The van der Waals surface area contributed by atoms with Crippen molar-refractivity contribution in [3.63, 3.8) is 0 Å². The second-order valence-electron chi connectivity index (χ2n) is 11.7. The van der Waals surface area contributed by atoms with Crippen molar-refractivity contribution in [1.29, 1.82) is 0 Å². The Morgan fingerprint density at radius 2 is 1.73 bits per heavy atom. The minimum absolute atomic E-state index is 0.113. The summed E-state index contributed by atoms with van der Waals surface area (Å²) in [6.07, 6.45) is -3.34. The summed E-state index contributed by atoms with van der Waals surface area (Å²) in [6.45, 7) is 8.94. The number of carbonyl (C=O) groups is 1. The molecule has 0 saturated carbocycles. The normalized spacial score (nSPS) is 42.9. The zero-order valence-corrected chi connectivity index (χ0v) is 22.0. The molecule has 1 aromatic carbocycles. The molecular formula is C27H34O10. The quantitative estimate of drug-likeness (QED) is 0.437. The lowest BCUT2D eigenvalue weighted by molar-refractivity contribution is -0.424. The molecule has 10 heteroatoms. The lowest BCUT2D eigenvalue weighted by Crippen LogP contribution is -2.74. The van der Waals surface area contributed by atoms with Crippen LogP contribution in [0.4, 0.5) is 0 Å². The molecule has 8 atom stereocenters. The number of ketones is 1. The van der Waals surface area contributed by atoms with Crippen LogP contribution in [0, 0.1) is 18.3 Å². The molecule has 1 aromatic rings. The third-order valence-corrected chi connectivity index (χ3v) is 9.60. The van der Waals surface area contributed by atoms with Crippen LogP contribution in [0.25, 0.3) is 6.08 Å². The van der Waals surface area contributed by atoms with Gasteiger partial charge in [0.25, 0.3) is 0 Å². The summed E-state index contributed by atoms with van der Waals surface area (Å²) in [4.78, 5) is 13.1. The summed E-state index contributed by atoms with van der Waals surface area (Å²) in [7, 11) is 2.93. The average molecular weight is 519 g/mol. The lowest BCUT2D eigenvalue weighted by atomic mass is 9.60. The number of aliphatic hydroxyl groups excluding tert-OH is 2. The Labute approximate surface area is 214 Å². The van der Waals surface area contributed by atoms with E-state index < -0.39 is 65.0 Å². The van der Waals surface area contributed by atoms with Crippen molar-refractivity contribution in [2.24, 2.45) is 11.3 Å². The van der Waals surface area contributed by atoms with Gasteiger partial charge >= 0.3 is 0 Å². The van der Waals surface area contributed by atoms with Gasteiger partial charge in [-0.15, -0.1) is 0 Å². The molecule has 10 nitrogen and oxygen atoms in total. The highest BCUT2D eigenvalue weighted by molar-refractivity contribution is 6.05. The van der Waals surface area contributed by atoms with Gasteiger partial charge in [-0.25, -0.2) is 0 Å². The molecule has 0 aromatic heterocycles. The summed E-state index contributed by atoms with van der Waals surface area (Å²) in [5.74, 6) is -4.90. The molecule has 0 amide bonds. The summed E-state index contributed by atoms with van der Waals surface area (Å²) >= 11 is 0. The second kappa shape index (κ2) is 7.40. The van der Waals surface area contributed by atoms with Crippen molar-refractivity contribution >= 4 is 11.9 Å². The first-order valence-corrected chi connectivity index (χ1v) is 12.5. The molecule has 2 aliphatic carbocycles. The summed E-state index contributed by atoms with van der Waals surface area (Å²) in [6, 6.07) is 0. The van der Waals surface area contributed by atoms with E-state index in [4.69, 9.17) is 23.7 Å². The Balaban J connectivity index is 1.60. The predicted molar refractivity (Wildman–Crippen MR) is 127 cm³/mol. The second-order valence-corrected chi connectivity index (χ2v) is 11.7. The molecule has 3 saturated heterocycles. The molecular weight excluding hydrogens is 484 g/mol. The largest absolute Gasteiger partial charge is 0.507 e. The highest BCUT2D eigenvalue weighted by atomic mass is 16.8. The van der Waals surface area contributed by atoms with E-state index in [1.165, 1.54) is 14.2 Å². The fourth-order valence-electron chi connectivity index (χ4n) is 7.76. The van der Waals surface area contributed by atoms with Crippen LogP contribution in [0.5, 0.6) is 5.75 Å². The van der Waals surface area contributed by atoms with Crippen molar-refractivity contribution in [1.82, 2.24) is 0 Å². The molecule has 4 N–H and O–H groups in total. The van der Waals surface area contributed by atoms with Gasteiger partial charge in [0, 0.05) is 32.1 Å². The molecule has 2 bridgehead atoms. The van der Waals surface area contributed by atoms with Gasteiger partial charge in [0.05, 0.1) is 17.1 Å². The number of fused-ring (bicyclic) bond motifs is 6. The van der Waals surface area contributed by atoms with E-state index in [1.54, 1.807) is 27.7 Å². The molecule has 8 unspecified atom stereocenters. The first kappa shape index (κ1) is 25.4. The van der Waals surface area contributed by atoms with Crippen LogP contribution >= 0.6 is 0 Å². The molecule has 3 fully saturated rings. The Morgan fingerprint density at radius 1 is 1.08 bits per heavy atom. The monoisotopic (exact) mass is 518 g/mol. The average Bonchev–Trinajstić information content (AvgIpc) is 3.28. The van der Waals surface area contributed by atoms with Gasteiger partial charge in [-0.3, -0.25) is 4.79 Å². The molecule has 37 heavy (non-hydrogen) atoms. The Bertz CT molecular complexity index is 1250. The van der Waals surface area contributed by atoms with Crippen LogP contribution in [0.2, 0.25) is 0 Å². The van der Waals surface area contributed by atoms with Crippen LogP contribution in [-0.4, -0.2) is 76.6 Å². The van der Waals surface area contributed by atoms with Crippen molar-refractivity contribution in [3.8, 4) is 5.75 Å². The van der Waals surface area contributed by atoms with Gasteiger partial charge in [-0.2, -0.15) is 0 Å². The zero-order chi connectivity index (χ0) is 27.0. The Morgan fingerprint density at radius 3 is 2.35 bits per heavy atom. The van der Waals surface area contributed by atoms with E-state index in [0.29, 0.717) is 22.3 Å². The van der Waals surface area contributed by atoms with Crippen LogP contribution in [-0.2, 0) is 29.3 Å². The maximum atomic E-state index is 13.1. The summed E-state index contributed by atoms with van der Waals surface area (Å²) in [5.41, 5.74) is 0.0191. The number of rotatable bonds is 3. The number of Topliss-reactive ketones (excluding diaryl/α,β-unsaturated/α-hetero) is 1. The Hall–Kier alpha value is -1.89. The Kier molecular flexibility index (Phi) is 5.07. The smallest absolute Gasteiger partial charge is 0.232 e. The van der Waals surface area contributed by atoms with Crippen molar-refractivity contribution in [3.05, 3.63) is 33.4 Å². The molecule has 3 heterocycles. The van der Waals surface area contributed by atoms with Gasteiger partial charge in [0.2, 0.25) is 17.9 Å². The fraction of sp³-hybridized carbons (Fsp3) is 0.667. The van der Waals surface area contributed by atoms with Crippen LogP contribution in [0.1, 0.15) is 72.8 Å². The fourth-order valence-corrected chi connectivity index (χ4v) is 7.76. The van der Waals surface area contributed by atoms with Gasteiger partial charge in [-0.1, -0.05) is 11.6 Å². The number of aliphatic hydroxyl groups is 3. The van der Waals surface area contributed by atoms with E-state index in [1.807, 2.05) is 13.0 Å². The van der Waals surface area contributed by atoms with E-state index in [0.717, 1.165) is 5.57 Å². The van der Waals surface area contributed by atoms with Gasteiger partial charge < -0.3 is 44.1 Å². The number of carbonyl (C=O) groups excluding carboxylic acids is 1. The molecule has 3 aliphatic heterocycles. The number of hydrogen-bond acceptors (Lipinski definition) is 10. The molecule has 0 radical (unpaired) electrons. The van der Waals surface area contributed by atoms with Crippen LogP contribution in [0.3, 0.4) is 0 Å². The summed E-state index contributed by atoms with van der Waals surface area (Å²) in [5, 5.41) is 44.9. The minimum Gasteiger partial charge on any atom is -0.507 e. The van der Waals surface area contributed by atoms with E-state index >= 15 is 0 Å². The number of aromatic hydroxyl groups is 1. The maximum Gasteiger partial charge on any atom is 0.232 e. The maximum absolute atomic E-state index is 13.1. The number of hydrogen-bond donors (Lipinski definition) is 4. The molecule has 5 aliphatic rings. The lowest BCUT2D eigenvalue weighted by Gasteiger charge is -2.61. The third-order valence-electron chi connectivity index (χ3n) is 9.60. The van der Waals surface area contributed by atoms with Crippen LogP contribution < -0.4 is 0 Å². The van der Waals surface area contributed by atoms with Crippen LogP contribution in [0.15, 0.2) is 5.57 Å². The highest BCUT2D eigenvalue weighted by Gasteiger charge is 2.85. The number of methoxy groups -OCH3 is 2. The van der Waals surface area contributed by atoms with Gasteiger partial charge in [0.1, 0.15) is 29.7 Å². The number of benzene rings is 1. The van der Waals surface area contributed by atoms with Gasteiger partial charge in [-0.05, 0) is 51.3 Å². The standard InChI is InChI=1S/C27H34O10/c1-10-8-12-11(2)15-13(28)9-14(29)19(30)16(15)20(31)18(12)25(5)17(10)21-22-26(32,37-25)24(3,4)27(35-21,36-22)23(33-6)34-7/h8,13-14,17,21-23,28-29,31-32H,9H2,1-7H3. The molecule has 202 valence electrons.